The second-order valence-electron chi connectivity index (χ2n) is 19.0. The quantitative estimate of drug-likeness (QED) is 0.247. The van der Waals surface area contributed by atoms with Gasteiger partial charge in [-0.1, -0.05) is 79.7 Å². The summed E-state index contributed by atoms with van der Waals surface area (Å²) in [6.07, 6.45) is 15.0. The maximum Gasteiger partial charge on any atom is 0.192 e. The first-order chi connectivity index (χ1) is 21.6. The predicted octanol–water partition coefficient (Wildman–Crippen LogP) is 12.7. The first-order valence-corrected chi connectivity index (χ1v) is 25.4. The van der Waals surface area contributed by atoms with Crippen LogP contribution in [0.5, 0.6) is 0 Å². The van der Waals surface area contributed by atoms with E-state index < -0.39 is 16.6 Å². The van der Waals surface area contributed by atoms with Crippen LogP contribution >= 0.6 is 11.3 Å². The lowest BCUT2D eigenvalue weighted by Gasteiger charge is -2.46. The van der Waals surface area contributed by atoms with Crippen molar-refractivity contribution in [2.75, 3.05) is 0 Å². The standard InChI is InChI=1S/C41H70O3SSi2/c1-28-24-38(45-27-28)36(42)22-17-29(2)34-20-21-35-31(16-15-23-41(34,35)10)18-19-32-25-33(43-46(11,12)39(4,5)6)26-37(30(32)3)44-47(13,14)40(7,8)9/h18-19,24,27,29,33-37,42H,3,15-17,20-23,25-26H2,1-2,4-14H3/t29-,33-,34-,35+,36?,37+,41-/m1/s1. The van der Waals surface area contributed by atoms with Crippen molar-refractivity contribution in [1.29, 1.82) is 0 Å². The van der Waals surface area contributed by atoms with E-state index in [0.717, 1.165) is 36.5 Å². The SMILES string of the molecule is C=C1C(=CC=C2CCC[C@]3(C)[C@@H]([C@H](C)CCC(O)c4cc(C)cs4)CC[C@@H]23)C[C@@H](O[Si](C)(C)C(C)(C)C)C[C@@H]1O[Si](C)(C)C(C)(C)C. The van der Waals surface area contributed by atoms with Gasteiger partial charge < -0.3 is 14.0 Å². The van der Waals surface area contributed by atoms with E-state index in [0.29, 0.717) is 17.3 Å². The van der Waals surface area contributed by atoms with Crippen LogP contribution in [-0.4, -0.2) is 33.9 Å². The number of fused-ring (bicyclic) bond motifs is 1. The molecule has 1 N–H and O–H groups in total. The molecule has 1 unspecified atom stereocenters. The van der Waals surface area contributed by atoms with Crippen LogP contribution in [0.4, 0.5) is 0 Å². The normalized spacial score (nSPS) is 31.0. The van der Waals surface area contributed by atoms with Gasteiger partial charge in [0.1, 0.15) is 0 Å². The van der Waals surface area contributed by atoms with E-state index in [4.69, 9.17) is 15.4 Å². The van der Waals surface area contributed by atoms with Crippen LogP contribution in [0.3, 0.4) is 0 Å². The van der Waals surface area contributed by atoms with Gasteiger partial charge in [0.25, 0.3) is 0 Å². The Hall–Kier alpha value is -0.766. The van der Waals surface area contributed by atoms with Gasteiger partial charge in [0, 0.05) is 11.3 Å². The fourth-order valence-corrected chi connectivity index (χ4v) is 12.0. The number of aliphatic hydroxyl groups excluding tert-OH is 1. The fraction of sp³-hybridized carbons (Fsp3) is 0.756. The van der Waals surface area contributed by atoms with Crippen molar-refractivity contribution in [2.45, 2.75) is 175 Å². The monoisotopic (exact) mass is 698 g/mol. The average molecular weight is 699 g/mol. The highest BCUT2D eigenvalue weighted by atomic mass is 32.1. The average Bonchev–Trinajstić information content (AvgIpc) is 3.54. The highest BCUT2D eigenvalue weighted by Crippen LogP contribution is 2.60. The zero-order valence-corrected chi connectivity index (χ0v) is 35.3. The Morgan fingerprint density at radius 1 is 1.02 bits per heavy atom. The van der Waals surface area contributed by atoms with E-state index in [-0.39, 0.29) is 28.4 Å². The van der Waals surface area contributed by atoms with Crippen LogP contribution in [0.15, 0.2) is 46.9 Å². The van der Waals surface area contributed by atoms with E-state index in [2.05, 4.69) is 112 Å². The number of thiophene rings is 1. The molecule has 0 aromatic carbocycles. The molecular formula is C41H70O3SSi2. The summed E-state index contributed by atoms with van der Waals surface area (Å²) in [5.41, 5.74) is 5.77. The van der Waals surface area contributed by atoms with E-state index in [1.54, 1.807) is 16.9 Å². The Balaban J connectivity index is 1.54. The van der Waals surface area contributed by atoms with E-state index >= 15 is 0 Å². The molecule has 3 aliphatic carbocycles. The molecule has 266 valence electrons. The van der Waals surface area contributed by atoms with Gasteiger partial charge in [-0.2, -0.15) is 0 Å². The van der Waals surface area contributed by atoms with Crippen LogP contribution in [0, 0.1) is 30.1 Å². The minimum absolute atomic E-state index is 0.0193. The molecular weight excluding hydrogens is 629 g/mol. The zero-order valence-electron chi connectivity index (χ0n) is 32.5. The third-order valence-corrected chi connectivity index (χ3v) is 23.6. The molecule has 3 nitrogen and oxygen atoms in total. The number of hydrogen-bond acceptors (Lipinski definition) is 4. The fourth-order valence-electron chi connectivity index (χ4n) is 8.37. The van der Waals surface area contributed by atoms with Crippen molar-refractivity contribution in [3.8, 4) is 0 Å². The van der Waals surface area contributed by atoms with E-state index in [1.165, 1.54) is 48.8 Å². The molecule has 0 bridgehead atoms. The second kappa shape index (κ2) is 14.5. The van der Waals surface area contributed by atoms with Crippen molar-refractivity contribution in [3.05, 3.63) is 57.3 Å². The minimum Gasteiger partial charge on any atom is -0.413 e. The lowest BCUT2D eigenvalue weighted by atomic mass is 9.60. The van der Waals surface area contributed by atoms with Gasteiger partial charge in [0.05, 0.1) is 18.3 Å². The summed E-state index contributed by atoms with van der Waals surface area (Å²) in [7, 11) is -3.92. The maximum atomic E-state index is 10.9. The highest BCUT2D eigenvalue weighted by Gasteiger charge is 2.51. The lowest BCUT2D eigenvalue weighted by Crippen LogP contribution is -2.49. The molecule has 1 heterocycles. The van der Waals surface area contributed by atoms with Crippen LogP contribution in [0.2, 0.25) is 36.3 Å². The highest BCUT2D eigenvalue weighted by molar-refractivity contribution is 7.10. The molecule has 4 rings (SSSR count). The third-order valence-electron chi connectivity index (χ3n) is 13.4. The Morgan fingerprint density at radius 3 is 2.26 bits per heavy atom. The maximum absolute atomic E-state index is 10.9. The van der Waals surface area contributed by atoms with Crippen molar-refractivity contribution < 1.29 is 14.0 Å². The molecule has 7 atom stereocenters. The third kappa shape index (κ3) is 8.76. The number of aliphatic hydroxyl groups is 1. The molecule has 0 radical (unpaired) electrons. The van der Waals surface area contributed by atoms with Gasteiger partial charge in [-0.25, -0.2) is 0 Å². The zero-order chi connectivity index (χ0) is 35.2. The molecule has 0 amide bonds. The summed E-state index contributed by atoms with van der Waals surface area (Å²) in [5.74, 6) is 1.99. The molecule has 0 aliphatic heterocycles. The molecule has 1 aromatic rings. The first-order valence-electron chi connectivity index (χ1n) is 18.7. The topological polar surface area (TPSA) is 38.7 Å². The Morgan fingerprint density at radius 2 is 1.66 bits per heavy atom. The summed E-state index contributed by atoms with van der Waals surface area (Å²) in [6.45, 7) is 35.4. The second-order valence-corrected chi connectivity index (χ2v) is 29.4. The molecule has 3 saturated carbocycles. The number of hydrogen-bond donors (Lipinski definition) is 1. The van der Waals surface area contributed by atoms with E-state index in [1.807, 2.05) is 0 Å². The molecule has 47 heavy (non-hydrogen) atoms. The predicted molar refractivity (Wildman–Crippen MR) is 209 cm³/mol. The van der Waals surface area contributed by atoms with Crippen molar-refractivity contribution in [2.24, 2.45) is 23.2 Å². The molecule has 1 aromatic heterocycles. The van der Waals surface area contributed by atoms with Gasteiger partial charge in [0.2, 0.25) is 0 Å². The molecule has 3 fully saturated rings. The number of allylic oxidation sites excluding steroid dienone is 3. The summed E-state index contributed by atoms with van der Waals surface area (Å²) in [4.78, 5) is 1.12. The lowest BCUT2D eigenvalue weighted by molar-refractivity contribution is 0.0829. The molecule has 0 spiro atoms. The molecule has 3 aliphatic rings. The Bertz CT molecular complexity index is 1310. The smallest absolute Gasteiger partial charge is 0.192 e. The van der Waals surface area contributed by atoms with Gasteiger partial charge in [-0.15, -0.1) is 11.3 Å². The Labute approximate surface area is 296 Å². The summed E-state index contributed by atoms with van der Waals surface area (Å²) in [6, 6.07) is 2.16. The van der Waals surface area contributed by atoms with Crippen molar-refractivity contribution in [3.63, 3.8) is 0 Å². The van der Waals surface area contributed by atoms with Crippen LogP contribution in [0.1, 0.15) is 130 Å². The first kappa shape index (κ1) is 39.0. The van der Waals surface area contributed by atoms with Gasteiger partial charge in [-0.3, -0.25) is 0 Å². The Kier molecular flexibility index (Phi) is 12.0. The summed E-state index contributed by atoms with van der Waals surface area (Å²) >= 11 is 1.70. The van der Waals surface area contributed by atoms with Gasteiger partial charge in [-0.05, 0) is 146 Å². The van der Waals surface area contributed by atoms with Crippen LogP contribution in [0.25, 0.3) is 0 Å². The van der Waals surface area contributed by atoms with Crippen molar-refractivity contribution >= 4 is 28.0 Å². The molecule has 6 heteroatoms. The van der Waals surface area contributed by atoms with Gasteiger partial charge in [0.15, 0.2) is 16.6 Å². The van der Waals surface area contributed by atoms with Crippen molar-refractivity contribution in [1.82, 2.24) is 0 Å². The number of aryl methyl sites for hydroxylation is 1. The van der Waals surface area contributed by atoms with Crippen LogP contribution < -0.4 is 0 Å². The largest absolute Gasteiger partial charge is 0.413 e. The summed E-state index contributed by atoms with van der Waals surface area (Å²) in [5, 5.41) is 13.4. The molecule has 0 saturated heterocycles. The minimum atomic E-state index is -1.99. The number of rotatable bonds is 10. The van der Waals surface area contributed by atoms with Gasteiger partial charge >= 0.3 is 0 Å². The van der Waals surface area contributed by atoms with Crippen LogP contribution in [-0.2, 0) is 8.85 Å². The van der Waals surface area contributed by atoms with E-state index in [9.17, 15) is 5.11 Å². The summed E-state index contributed by atoms with van der Waals surface area (Å²) < 4.78 is 14.2.